The van der Waals surface area contributed by atoms with Crippen LogP contribution in [0.15, 0.2) is 30.5 Å². The lowest BCUT2D eigenvalue weighted by atomic mass is 10.1. The molecule has 110 valence electrons. The largest absolute Gasteiger partial charge is 0.328 e. The Labute approximate surface area is 125 Å². The fraction of sp³-hybridized carbons (Fsp3) is 0.412. The van der Waals surface area contributed by atoms with Crippen LogP contribution in [-0.2, 0) is 17.8 Å². The summed E-state index contributed by atoms with van der Waals surface area (Å²) >= 11 is 0. The number of rotatable bonds is 4. The van der Waals surface area contributed by atoms with Gasteiger partial charge in [-0.2, -0.15) is 0 Å². The minimum absolute atomic E-state index is 0.0722. The van der Waals surface area contributed by atoms with Crippen LogP contribution in [-0.4, -0.2) is 15.5 Å². The predicted octanol–water partition coefficient (Wildman–Crippen LogP) is 3.48. The standard InChI is InChI=1S/C17H21N3O/c1-12(2)10-17(21)19-14-7-5-13(6-8-14)15-11-18-16-4-3-9-20(15)16/h5-8,11-12H,3-4,9-10H2,1-2H3,(H,19,21). The minimum Gasteiger partial charge on any atom is -0.328 e. The van der Waals surface area contributed by atoms with E-state index in [0.717, 1.165) is 24.2 Å². The number of aromatic nitrogens is 2. The van der Waals surface area contributed by atoms with Crippen LogP contribution in [0.25, 0.3) is 11.3 Å². The fourth-order valence-electron chi connectivity index (χ4n) is 2.80. The number of anilines is 1. The zero-order valence-electron chi connectivity index (χ0n) is 12.6. The van der Waals surface area contributed by atoms with Gasteiger partial charge in [0, 0.05) is 25.1 Å². The van der Waals surface area contributed by atoms with Gasteiger partial charge in [-0.3, -0.25) is 4.79 Å². The van der Waals surface area contributed by atoms with Gasteiger partial charge in [0.05, 0.1) is 11.9 Å². The average Bonchev–Trinajstić information content (AvgIpc) is 3.01. The zero-order valence-corrected chi connectivity index (χ0v) is 12.6. The number of carbonyl (C=O) groups is 1. The third kappa shape index (κ3) is 2.99. The monoisotopic (exact) mass is 283 g/mol. The second-order valence-corrected chi connectivity index (χ2v) is 6.04. The number of aryl methyl sites for hydroxylation is 1. The molecule has 2 heterocycles. The molecule has 0 radical (unpaired) electrons. The first-order valence-electron chi connectivity index (χ1n) is 7.58. The molecular weight excluding hydrogens is 262 g/mol. The smallest absolute Gasteiger partial charge is 0.224 e. The number of fused-ring (bicyclic) bond motifs is 1. The van der Waals surface area contributed by atoms with Crippen LogP contribution >= 0.6 is 0 Å². The highest BCUT2D eigenvalue weighted by Crippen LogP contribution is 2.26. The lowest BCUT2D eigenvalue weighted by Gasteiger charge is -2.09. The van der Waals surface area contributed by atoms with Crippen molar-refractivity contribution in [3.05, 3.63) is 36.3 Å². The molecule has 0 unspecified atom stereocenters. The van der Waals surface area contributed by atoms with Gasteiger partial charge in [0.1, 0.15) is 5.82 Å². The van der Waals surface area contributed by atoms with E-state index in [9.17, 15) is 4.79 Å². The summed E-state index contributed by atoms with van der Waals surface area (Å²) in [5.41, 5.74) is 3.17. The Hall–Kier alpha value is -2.10. The lowest BCUT2D eigenvalue weighted by Crippen LogP contribution is -2.13. The third-order valence-electron chi connectivity index (χ3n) is 3.78. The highest BCUT2D eigenvalue weighted by atomic mass is 16.1. The molecule has 21 heavy (non-hydrogen) atoms. The van der Waals surface area contributed by atoms with Crippen LogP contribution in [0.3, 0.4) is 0 Å². The second kappa shape index (κ2) is 5.72. The highest BCUT2D eigenvalue weighted by molar-refractivity contribution is 5.91. The third-order valence-corrected chi connectivity index (χ3v) is 3.78. The molecule has 0 bridgehead atoms. The highest BCUT2D eigenvalue weighted by Gasteiger charge is 2.16. The molecule has 0 atom stereocenters. The van der Waals surface area contributed by atoms with Crippen molar-refractivity contribution in [2.45, 2.75) is 39.7 Å². The van der Waals surface area contributed by atoms with Crippen molar-refractivity contribution in [2.75, 3.05) is 5.32 Å². The molecule has 0 aliphatic carbocycles. The van der Waals surface area contributed by atoms with Crippen molar-refractivity contribution >= 4 is 11.6 Å². The molecule has 1 amide bonds. The Kier molecular flexibility index (Phi) is 3.78. The number of carbonyl (C=O) groups excluding carboxylic acids is 1. The van der Waals surface area contributed by atoms with E-state index in [1.165, 1.54) is 17.9 Å². The topological polar surface area (TPSA) is 46.9 Å². The number of imidazole rings is 1. The van der Waals surface area contributed by atoms with E-state index >= 15 is 0 Å². The maximum atomic E-state index is 11.8. The first-order chi connectivity index (χ1) is 10.1. The molecule has 4 nitrogen and oxygen atoms in total. The number of hydrogen-bond donors (Lipinski definition) is 1. The van der Waals surface area contributed by atoms with E-state index in [4.69, 9.17) is 0 Å². The van der Waals surface area contributed by atoms with Gasteiger partial charge in [-0.05, 0) is 30.0 Å². The van der Waals surface area contributed by atoms with Crippen LogP contribution in [0.5, 0.6) is 0 Å². The lowest BCUT2D eigenvalue weighted by molar-refractivity contribution is -0.116. The van der Waals surface area contributed by atoms with Crippen molar-refractivity contribution in [3.63, 3.8) is 0 Å². The first-order valence-corrected chi connectivity index (χ1v) is 7.58. The van der Waals surface area contributed by atoms with Gasteiger partial charge >= 0.3 is 0 Å². The molecule has 1 aromatic heterocycles. The summed E-state index contributed by atoms with van der Waals surface area (Å²) in [6, 6.07) is 8.02. The van der Waals surface area contributed by atoms with Crippen molar-refractivity contribution in [1.29, 1.82) is 0 Å². The van der Waals surface area contributed by atoms with Crippen molar-refractivity contribution < 1.29 is 4.79 Å². The van der Waals surface area contributed by atoms with Gasteiger partial charge in [-0.15, -0.1) is 0 Å². The van der Waals surface area contributed by atoms with Gasteiger partial charge in [-0.25, -0.2) is 4.98 Å². The summed E-state index contributed by atoms with van der Waals surface area (Å²) in [5.74, 6) is 1.63. The van der Waals surface area contributed by atoms with Crippen LogP contribution in [0, 0.1) is 5.92 Å². The molecule has 3 rings (SSSR count). The molecule has 1 aromatic carbocycles. The van der Waals surface area contributed by atoms with E-state index in [1.54, 1.807) is 0 Å². The Bertz CT molecular complexity index is 641. The summed E-state index contributed by atoms with van der Waals surface area (Å²) in [5, 5.41) is 2.94. The van der Waals surface area contributed by atoms with Gasteiger partial charge in [-0.1, -0.05) is 26.0 Å². The van der Waals surface area contributed by atoms with Gasteiger partial charge in [0.2, 0.25) is 5.91 Å². The molecule has 0 saturated carbocycles. The van der Waals surface area contributed by atoms with Gasteiger partial charge in [0.15, 0.2) is 0 Å². The zero-order chi connectivity index (χ0) is 14.8. The Morgan fingerprint density at radius 2 is 2.10 bits per heavy atom. The number of benzene rings is 1. The van der Waals surface area contributed by atoms with Gasteiger partial charge < -0.3 is 9.88 Å². The van der Waals surface area contributed by atoms with Crippen LogP contribution < -0.4 is 5.32 Å². The Morgan fingerprint density at radius 3 is 2.81 bits per heavy atom. The maximum absolute atomic E-state index is 11.8. The maximum Gasteiger partial charge on any atom is 0.224 e. The van der Waals surface area contributed by atoms with E-state index in [1.807, 2.05) is 44.3 Å². The first kappa shape index (κ1) is 13.9. The summed E-state index contributed by atoms with van der Waals surface area (Å²) in [6.07, 6.45) is 4.75. The number of nitrogens with zero attached hydrogens (tertiary/aromatic N) is 2. The number of amides is 1. The second-order valence-electron chi connectivity index (χ2n) is 6.04. The van der Waals surface area contributed by atoms with Crippen molar-refractivity contribution in [1.82, 2.24) is 9.55 Å². The summed E-state index contributed by atoms with van der Waals surface area (Å²) in [7, 11) is 0. The SMILES string of the molecule is CC(C)CC(=O)Nc1ccc(-c2cnc3n2CCC3)cc1. The Balaban J connectivity index is 1.73. The number of hydrogen-bond acceptors (Lipinski definition) is 2. The average molecular weight is 283 g/mol. The molecule has 2 aromatic rings. The minimum atomic E-state index is 0.0722. The quantitative estimate of drug-likeness (QED) is 0.933. The molecule has 1 aliphatic heterocycles. The Morgan fingerprint density at radius 1 is 1.33 bits per heavy atom. The predicted molar refractivity (Wildman–Crippen MR) is 84.1 cm³/mol. The van der Waals surface area contributed by atoms with E-state index in [2.05, 4.69) is 14.9 Å². The normalized spacial score (nSPS) is 13.5. The molecule has 1 N–H and O–H groups in total. The molecule has 0 saturated heterocycles. The molecule has 1 aliphatic rings. The number of nitrogens with one attached hydrogen (secondary N) is 1. The fourth-order valence-corrected chi connectivity index (χ4v) is 2.80. The molecular formula is C17H21N3O. The van der Waals surface area contributed by atoms with Crippen LogP contribution in [0.4, 0.5) is 5.69 Å². The van der Waals surface area contributed by atoms with Crippen molar-refractivity contribution in [3.8, 4) is 11.3 Å². The summed E-state index contributed by atoms with van der Waals surface area (Å²) < 4.78 is 2.28. The van der Waals surface area contributed by atoms with E-state index < -0.39 is 0 Å². The van der Waals surface area contributed by atoms with Crippen molar-refractivity contribution in [2.24, 2.45) is 5.92 Å². The van der Waals surface area contributed by atoms with Gasteiger partial charge in [0.25, 0.3) is 0 Å². The van der Waals surface area contributed by atoms with Crippen LogP contribution in [0.1, 0.15) is 32.5 Å². The van der Waals surface area contributed by atoms with Crippen LogP contribution in [0.2, 0.25) is 0 Å². The molecule has 0 spiro atoms. The van der Waals surface area contributed by atoms with E-state index in [0.29, 0.717) is 12.3 Å². The molecule has 4 heteroatoms. The molecule has 0 fully saturated rings. The van der Waals surface area contributed by atoms with E-state index in [-0.39, 0.29) is 5.91 Å². The summed E-state index contributed by atoms with van der Waals surface area (Å²) in [4.78, 5) is 16.2. The summed E-state index contributed by atoms with van der Waals surface area (Å²) in [6.45, 7) is 5.14.